The van der Waals surface area contributed by atoms with E-state index in [1.54, 1.807) is 0 Å². The lowest BCUT2D eigenvalue weighted by Gasteiger charge is -2.33. The number of fused-ring (bicyclic) bond motifs is 1. The Labute approximate surface area is 92.5 Å². The molecule has 1 nitrogen and oxygen atoms in total. The Bertz CT molecular complexity index is 335. The standard InChI is InChI=1S/C14H20O/c1-13(2,3)15-14(4)9-11-7-5-6-8-12(11)10-14/h5-8H,9-10H2,1-4H3. The molecule has 1 aliphatic rings. The summed E-state index contributed by atoms with van der Waals surface area (Å²) < 4.78 is 6.17. The van der Waals surface area contributed by atoms with Crippen molar-refractivity contribution >= 4 is 0 Å². The third kappa shape index (κ3) is 2.40. The second-order valence-electron chi connectivity index (χ2n) is 5.79. The first kappa shape index (κ1) is 10.7. The molecule has 15 heavy (non-hydrogen) atoms. The van der Waals surface area contributed by atoms with Gasteiger partial charge in [-0.1, -0.05) is 24.3 Å². The molecule has 0 amide bonds. The second-order valence-corrected chi connectivity index (χ2v) is 5.79. The van der Waals surface area contributed by atoms with Crippen LogP contribution in [-0.4, -0.2) is 11.2 Å². The summed E-state index contributed by atoms with van der Waals surface area (Å²) in [5, 5.41) is 0. The van der Waals surface area contributed by atoms with Crippen molar-refractivity contribution in [1.29, 1.82) is 0 Å². The van der Waals surface area contributed by atoms with Crippen LogP contribution in [-0.2, 0) is 17.6 Å². The van der Waals surface area contributed by atoms with Gasteiger partial charge in [-0.05, 0) is 38.8 Å². The summed E-state index contributed by atoms with van der Waals surface area (Å²) in [6.07, 6.45) is 2.08. The van der Waals surface area contributed by atoms with Crippen LogP contribution >= 0.6 is 0 Å². The Morgan fingerprint density at radius 3 is 1.93 bits per heavy atom. The fourth-order valence-electron chi connectivity index (χ4n) is 2.58. The first-order valence-corrected chi connectivity index (χ1v) is 5.65. The van der Waals surface area contributed by atoms with Crippen molar-refractivity contribution in [3.63, 3.8) is 0 Å². The Morgan fingerprint density at radius 2 is 1.53 bits per heavy atom. The third-order valence-electron chi connectivity index (χ3n) is 2.80. The molecule has 1 heteroatoms. The van der Waals surface area contributed by atoms with Gasteiger partial charge in [-0.25, -0.2) is 0 Å². The highest BCUT2D eigenvalue weighted by Gasteiger charge is 2.36. The van der Waals surface area contributed by atoms with Crippen molar-refractivity contribution in [3.8, 4) is 0 Å². The van der Waals surface area contributed by atoms with E-state index in [4.69, 9.17) is 4.74 Å². The summed E-state index contributed by atoms with van der Waals surface area (Å²) in [5.41, 5.74) is 2.83. The molecule has 0 saturated heterocycles. The molecule has 0 unspecified atom stereocenters. The lowest BCUT2D eigenvalue weighted by atomic mass is 10.0. The molecular formula is C14H20O. The first-order valence-electron chi connectivity index (χ1n) is 5.65. The van der Waals surface area contributed by atoms with E-state index in [0.717, 1.165) is 12.8 Å². The second kappa shape index (κ2) is 3.34. The van der Waals surface area contributed by atoms with Crippen LogP contribution in [0.4, 0.5) is 0 Å². The molecule has 0 fully saturated rings. The fraction of sp³-hybridized carbons (Fsp3) is 0.571. The van der Waals surface area contributed by atoms with Gasteiger partial charge in [-0.2, -0.15) is 0 Å². The van der Waals surface area contributed by atoms with E-state index in [0.29, 0.717) is 0 Å². The van der Waals surface area contributed by atoms with Gasteiger partial charge in [-0.15, -0.1) is 0 Å². The molecular weight excluding hydrogens is 184 g/mol. The zero-order valence-electron chi connectivity index (χ0n) is 10.1. The predicted molar refractivity (Wildman–Crippen MR) is 63.1 cm³/mol. The molecule has 0 bridgehead atoms. The van der Waals surface area contributed by atoms with Crippen LogP contribution in [0.15, 0.2) is 24.3 Å². The van der Waals surface area contributed by atoms with Crippen molar-refractivity contribution in [1.82, 2.24) is 0 Å². The largest absolute Gasteiger partial charge is 0.369 e. The van der Waals surface area contributed by atoms with E-state index in [1.165, 1.54) is 11.1 Å². The first-order chi connectivity index (χ1) is 6.88. The molecule has 0 N–H and O–H groups in total. The quantitative estimate of drug-likeness (QED) is 0.681. The van der Waals surface area contributed by atoms with Crippen molar-refractivity contribution in [3.05, 3.63) is 35.4 Å². The zero-order valence-corrected chi connectivity index (χ0v) is 10.1. The third-order valence-corrected chi connectivity index (χ3v) is 2.80. The summed E-state index contributed by atoms with van der Waals surface area (Å²) in [5.74, 6) is 0. The van der Waals surface area contributed by atoms with E-state index >= 15 is 0 Å². The number of hydrogen-bond donors (Lipinski definition) is 0. The van der Waals surface area contributed by atoms with E-state index in [-0.39, 0.29) is 11.2 Å². The summed E-state index contributed by atoms with van der Waals surface area (Å²) >= 11 is 0. The van der Waals surface area contributed by atoms with Gasteiger partial charge in [0, 0.05) is 12.8 Å². The van der Waals surface area contributed by atoms with Gasteiger partial charge in [0.15, 0.2) is 0 Å². The van der Waals surface area contributed by atoms with Gasteiger partial charge in [0.1, 0.15) is 0 Å². The normalized spacial score (nSPS) is 18.9. The van der Waals surface area contributed by atoms with Crippen LogP contribution in [0.3, 0.4) is 0 Å². The molecule has 0 spiro atoms. The van der Waals surface area contributed by atoms with Gasteiger partial charge in [0.2, 0.25) is 0 Å². The monoisotopic (exact) mass is 204 g/mol. The maximum absolute atomic E-state index is 6.17. The number of rotatable bonds is 1. The molecule has 0 radical (unpaired) electrons. The average molecular weight is 204 g/mol. The number of ether oxygens (including phenoxy) is 1. The summed E-state index contributed by atoms with van der Waals surface area (Å²) in [6, 6.07) is 8.66. The summed E-state index contributed by atoms with van der Waals surface area (Å²) in [6.45, 7) is 8.60. The van der Waals surface area contributed by atoms with Crippen LogP contribution in [0.1, 0.15) is 38.8 Å². The Hall–Kier alpha value is -0.820. The van der Waals surface area contributed by atoms with Crippen molar-refractivity contribution in [2.24, 2.45) is 0 Å². The highest BCUT2D eigenvalue weighted by atomic mass is 16.5. The summed E-state index contributed by atoms with van der Waals surface area (Å²) in [7, 11) is 0. The van der Waals surface area contributed by atoms with E-state index in [2.05, 4.69) is 52.0 Å². The SMILES string of the molecule is CC(C)(C)OC1(C)Cc2ccccc2C1. The van der Waals surface area contributed by atoms with Crippen LogP contribution < -0.4 is 0 Å². The minimum atomic E-state index is -0.0587. The van der Waals surface area contributed by atoms with Crippen LogP contribution in [0, 0.1) is 0 Å². The minimum absolute atomic E-state index is 0.0120. The predicted octanol–water partition coefficient (Wildman–Crippen LogP) is 3.36. The zero-order chi connectivity index (χ0) is 11.1. The molecule has 0 atom stereocenters. The highest BCUT2D eigenvalue weighted by molar-refractivity contribution is 5.34. The fourth-order valence-corrected chi connectivity index (χ4v) is 2.58. The van der Waals surface area contributed by atoms with Gasteiger partial charge in [0.25, 0.3) is 0 Å². The molecule has 1 aromatic carbocycles. The molecule has 82 valence electrons. The highest BCUT2D eigenvalue weighted by Crippen LogP contribution is 2.35. The van der Waals surface area contributed by atoms with Gasteiger partial charge < -0.3 is 4.74 Å². The summed E-state index contributed by atoms with van der Waals surface area (Å²) in [4.78, 5) is 0. The van der Waals surface area contributed by atoms with Crippen molar-refractivity contribution < 1.29 is 4.74 Å². The molecule has 0 heterocycles. The Morgan fingerprint density at radius 1 is 1.07 bits per heavy atom. The van der Waals surface area contributed by atoms with E-state index in [1.807, 2.05) is 0 Å². The van der Waals surface area contributed by atoms with Crippen LogP contribution in [0.5, 0.6) is 0 Å². The molecule has 1 aliphatic carbocycles. The maximum Gasteiger partial charge on any atom is 0.0742 e. The van der Waals surface area contributed by atoms with Crippen LogP contribution in [0.2, 0.25) is 0 Å². The van der Waals surface area contributed by atoms with Crippen molar-refractivity contribution in [2.45, 2.75) is 51.7 Å². The topological polar surface area (TPSA) is 9.23 Å². The Balaban J connectivity index is 2.18. The molecule has 2 rings (SSSR count). The molecule has 1 aromatic rings. The number of hydrogen-bond acceptors (Lipinski definition) is 1. The molecule has 0 aromatic heterocycles. The number of benzene rings is 1. The van der Waals surface area contributed by atoms with Gasteiger partial charge >= 0.3 is 0 Å². The van der Waals surface area contributed by atoms with Gasteiger partial charge in [0.05, 0.1) is 11.2 Å². The smallest absolute Gasteiger partial charge is 0.0742 e. The van der Waals surface area contributed by atoms with Crippen molar-refractivity contribution in [2.75, 3.05) is 0 Å². The lowest BCUT2D eigenvalue weighted by Crippen LogP contribution is -2.38. The Kier molecular flexibility index (Phi) is 2.38. The van der Waals surface area contributed by atoms with Crippen LogP contribution in [0.25, 0.3) is 0 Å². The average Bonchev–Trinajstić information content (AvgIpc) is 2.35. The molecule has 0 aliphatic heterocycles. The molecule has 0 saturated carbocycles. The lowest BCUT2D eigenvalue weighted by molar-refractivity contribution is -0.116. The maximum atomic E-state index is 6.17. The van der Waals surface area contributed by atoms with E-state index in [9.17, 15) is 0 Å². The van der Waals surface area contributed by atoms with Gasteiger partial charge in [-0.3, -0.25) is 0 Å². The van der Waals surface area contributed by atoms with E-state index < -0.39 is 0 Å². The minimum Gasteiger partial charge on any atom is -0.369 e.